The molecule has 0 bridgehead atoms. The molecule has 1 fully saturated rings. The summed E-state index contributed by atoms with van der Waals surface area (Å²) in [4.78, 5) is 11.5. The van der Waals surface area contributed by atoms with Crippen molar-refractivity contribution in [1.82, 2.24) is 0 Å². The van der Waals surface area contributed by atoms with Gasteiger partial charge in [-0.2, -0.15) is 0 Å². The lowest BCUT2D eigenvalue weighted by molar-refractivity contribution is -0.161. The fourth-order valence-corrected chi connectivity index (χ4v) is 2.14. The van der Waals surface area contributed by atoms with Gasteiger partial charge in [-0.25, -0.2) is 13.6 Å². The van der Waals surface area contributed by atoms with Crippen LogP contribution < -0.4 is 0 Å². The first-order valence-electron chi connectivity index (χ1n) is 5.91. The van der Waals surface area contributed by atoms with Crippen LogP contribution in [0.5, 0.6) is 0 Å². The summed E-state index contributed by atoms with van der Waals surface area (Å²) in [6.45, 7) is 8.65. The number of rotatable bonds is 3. The van der Waals surface area contributed by atoms with Gasteiger partial charge in [0.2, 0.25) is 5.92 Å². The zero-order valence-corrected chi connectivity index (χ0v) is 10.7. The zero-order valence-electron chi connectivity index (χ0n) is 10.7. The second-order valence-electron chi connectivity index (χ2n) is 5.40. The molecule has 0 unspecified atom stereocenters. The maximum absolute atomic E-state index is 13.0. The maximum Gasteiger partial charge on any atom is 0.333 e. The number of ether oxygens (including phenoxy) is 1. The van der Waals surface area contributed by atoms with E-state index in [1.54, 1.807) is 20.8 Å². The van der Waals surface area contributed by atoms with E-state index in [2.05, 4.69) is 6.58 Å². The largest absolute Gasteiger partial charge is 0.456 e. The number of esters is 1. The Bertz CT molecular complexity index is 311. The zero-order chi connectivity index (χ0) is 13.3. The monoisotopic (exact) mass is 246 g/mol. The third-order valence-electron chi connectivity index (χ3n) is 3.40. The minimum absolute atomic E-state index is 0.00887. The van der Waals surface area contributed by atoms with E-state index in [-0.39, 0.29) is 18.8 Å². The Morgan fingerprint density at radius 2 is 1.82 bits per heavy atom. The highest BCUT2D eigenvalue weighted by Crippen LogP contribution is 2.41. The predicted molar refractivity (Wildman–Crippen MR) is 61.9 cm³/mol. The van der Waals surface area contributed by atoms with Crippen molar-refractivity contribution < 1.29 is 18.3 Å². The highest BCUT2D eigenvalue weighted by atomic mass is 19.3. The third kappa shape index (κ3) is 3.79. The van der Waals surface area contributed by atoms with Crippen LogP contribution in [0.4, 0.5) is 8.78 Å². The molecule has 0 spiro atoms. The van der Waals surface area contributed by atoms with Crippen LogP contribution in [0.1, 0.15) is 46.5 Å². The molecule has 2 nitrogen and oxygen atoms in total. The molecule has 0 radical (unpaired) electrons. The predicted octanol–water partition coefficient (Wildman–Crippen LogP) is 3.71. The quantitative estimate of drug-likeness (QED) is 0.560. The summed E-state index contributed by atoms with van der Waals surface area (Å²) in [7, 11) is 0. The fourth-order valence-electron chi connectivity index (χ4n) is 2.14. The number of carbonyl (C=O) groups is 1. The first-order valence-corrected chi connectivity index (χ1v) is 5.91. The standard InChI is InChI=1S/C13H20F2O2/c1-9(2)11(16)17-12(3,4)10-5-7-13(14,15)8-6-10/h10H,1,5-8H2,2-4H3. The molecule has 0 N–H and O–H groups in total. The molecule has 0 atom stereocenters. The minimum Gasteiger partial charge on any atom is -0.456 e. The van der Waals surface area contributed by atoms with Gasteiger partial charge in [0.15, 0.2) is 0 Å². The maximum atomic E-state index is 13.0. The molecule has 0 aromatic heterocycles. The third-order valence-corrected chi connectivity index (χ3v) is 3.40. The summed E-state index contributed by atoms with van der Waals surface area (Å²) in [6.07, 6.45) is 0.546. The van der Waals surface area contributed by atoms with Gasteiger partial charge < -0.3 is 4.74 Å². The molecule has 0 amide bonds. The SMILES string of the molecule is C=C(C)C(=O)OC(C)(C)C1CCC(F)(F)CC1. The van der Waals surface area contributed by atoms with Crippen LogP contribution in [0.2, 0.25) is 0 Å². The van der Waals surface area contributed by atoms with E-state index < -0.39 is 17.5 Å². The molecule has 1 rings (SSSR count). The van der Waals surface area contributed by atoms with Crippen molar-refractivity contribution in [2.45, 2.75) is 58.0 Å². The molecule has 0 aliphatic heterocycles. The Hall–Kier alpha value is -0.930. The Labute approximate surface area is 101 Å². The van der Waals surface area contributed by atoms with Gasteiger partial charge in [-0.3, -0.25) is 0 Å². The van der Waals surface area contributed by atoms with Crippen LogP contribution in [0.25, 0.3) is 0 Å². The molecule has 1 aliphatic rings. The van der Waals surface area contributed by atoms with Crippen LogP contribution in [-0.4, -0.2) is 17.5 Å². The number of hydrogen-bond acceptors (Lipinski definition) is 2. The topological polar surface area (TPSA) is 26.3 Å². The number of carbonyl (C=O) groups excluding carboxylic acids is 1. The van der Waals surface area contributed by atoms with Gasteiger partial charge in [0.05, 0.1) is 0 Å². The van der Waals surface area contributed by atoms with Crippen molar-refractivity contribution in [3.05, 3.63) is 12.2 Å². The Kier molecular flexibility index (Phi) is 3.95. The molecule has 1 saturated carbocycles. The van der Waals surface area contributed by atoms with Crippen LogP contribution in [0.15, 0.2) is 12.2 Å². The normalized spacial score (nSPS) is 21.0. The highest BCUT2D eigenvalue weighted by Gasteiger charge is 2.42. The summed E-state index contributed by atoms with van der Waals surface area (Å²) in [5, 5.41) is 0. The Morgan fingerprint density at radius 1 is 1.35 bits per heavy atom. The van der Waals surface area contributed by atoms with Gasteiger partial charge in [-0.15, -0.1) is 0 Å². The minimum atomic E-state index is -2.55. The van der Waals surface area contributed by atoms with Gasteiger partial charge in [0.25, 0.3) is 0 Å². The summed E-state index contributed by atoms with van der Waals surface area (Å²) in [5.41, 5.74) is -0.369. The van der Waals surface area contributed by atoms with E-state index in [1.807, 2.05) is 0 Å². The average molecular weight is 246 g/mol. The van der Waals surface area contributed by atoms with Gasteiger partial charge in [-0.1, -0.05) is 6.58 Å². The van der Waals surface area contributed by atoms with Gasteiger partial charge in [0, 0.05) is 18.4 Å². The van der Waals surface area contributed by atoms with Gasteiger partial charge in [0.1, 0.15) is 5.60 Å². The van der Waals surface area contributed by atoms with Crippen LogP contribution in [0.3, 0.4) is 0 Å². The van der Waals surface area contributed by atoms with Gasteiger partial charge >= 0.3 is 5.97 Å². The molecular formula is C13H20F2O2. The number of hydrogen-bond donors (Lipinski definition) is 0. The van der Waals surface area contributed by atoms with Crippen molar-refractivity contribution in [2.24, 2.45) is 5.92 Å². The molecule has 17 heavy (non-hydrogen) atoms. The van der Waals surface area contributed by atoms with E-state index in [0.29, 0.717) is 18.4 Å². The molecule has 0 aromatic carbocycles. The molecule has 0 aromatic rings. The number of alkyl halides is 2. The Morgan fingerprint density at radius 3 is 2.24 bits per heavy atom. The van der Waals surface area contributed by atoms with E-state index in [4.69, 9.17) is 4.74 Å². The smallest absolute Gasteiger partial charge is 0.333 e. The molecule has 0 heterocycles. The van der Waals surface area contributed by atoms with E-state index >= 15 is 0 Å². The molecule has 4 heteroatoms. The second-order valence-corrected chi connectivity index (χ2v) is 5.40. The van der Waals surface area contributed by atoms with Crippen molar-refractivity contribution in [2.75, 3.05) is 0 Å². The lowest BCUT2D eigenvalue weighted by atomic mass is 9.77. The van der Waals surface area contributed by atoms with E-state index in [9.17, 15) is 13.6 Å². The van der Waals surface area contributed by atoms with Crippen molar-refractivity contribution in [3.63, 3.8) is 0 Å². The molecule has 98 valence electrons. The summed E-state index contributed by atoms with van der Waals surface area (Å²) in [5.74, 6) is -3.01. The van der Waals surface area contributed by atoms with Crippen LogP contribution >= 0.6 is 0 Å². The lowest BCUT2D eigenvalue weighted by Gasteiger charge is -2.38. The Balaban J connectivity index is 2.60. The summed E-state index contributed by atoms with van der Waals surface area (Å²) in [6, 6.07) is 0. The first-order chi connectivity index (χ1) is 7.64. The van der Waals surface area contributed by atoms with Crippen LogP contribution in [-0.2, 0) is 9.53 Å². The summed E-state index contributed by atoms with van der Waals surface area (Å²) < 4.78 is 31.4. The van der Waals surface area contributed by atoms with Crippen molar-refractivity contribution in [1.29, 1.82) is 0 Å². The first kappa shape index (κ1) is 14.1. The molecular weight excluding hydrogens is 226 g/mol. The molecule has 0 saturated heterocycles. The highest BCUT2D eigenvalue weighted by molar-refractivity contribution is 5.87. The fraction of sp³-hybridized carbons (Fsp3) is 0.769. The second kappa shape index (κ2) is 4.75. The van der Waals surface area contributed by atoms with E-state index in [1.165, 1.54) is 0 Å². The van der Waals surface area contributed by atoms with Crippen molar-refractivity contribution in [3.8, 4) is 0 Å². The molecule has 1 aliphatic carbocycles. The van der Waals surface area contributed by atoms with Crippen molar-refractivity contribution >= 4 is 5.97 Å². The van der Waals surface area contributed by atoms with E-state index in [0.717, 1.165) is 0 Å². The van der Waals surface area contributed by atoms with Gasteiger partial charge in [-0.05, 0) is 39.5 Å². The lowest BCUT2D eigenvalue weighted by Crippen LogP contribution is -2.41. The summed E-state index contributed by atoms with van der Waals surface area (Å²) >= 11 is 0. The average Bonchev–Trinajstić information content (AvgIpc) is 2.15. The number of halogens is 2. The van der Waals surface area contributed by atoms with Crippen LogP contribution in [0, 0.1) is 5.92 Å².